The Hall–Kier alpha value is -1.08. The number of carboxylic acid groups (broad SMARTS) is 1. The molecule has 0 saturated heterocycles. The zero-order valence-electron chi connectivity index (χ0n) is 20.8. The molecule has 0 radical (unpaired) electrons. The first-order chi connectivity index (χ1) is 13.3. The van der Waals surface area contributed by atoms with E-state index in [4.69, 9.17) is 9.66 Å². The summed E-state index contributed by atoms with van der Waals surface area (Å²) in [5.41, 5.74) is 0.117. The summed E-state index contributed by atoms with van der Waals surface area (Å²) < 4.78 is 31.0. The monoisotopic (exact) mass is 481 g/mol. The summed E-state index contributed by atoms with van der Waals surface area (Å²) in [6.45, 7) is 24.2. The van der Waals surface area contributed by atoms with E-state index >= 15 is 0 Å². The molecule has 0 aromatic heterocycles. The Morgan fingerprint density at radius 3 is 1.44 bits per heavy atom. The third-order valence-electron chi connectivity index (χ3n) is 4.87. The maximum atomic E-state index is 11.0. The van der Waals surface area contributed by atoms with E-state index in [1.807, 2.05) is 13.8 Å². The minimum Gasteiger partial charge on any atom is -0.481 e. The van der Waals surface area contributed by atoms with Crippen molar-refractivity contribution in [3.8, 4) is 0 Å². The van der Waals surface area contributed by atoms with E-state index in [9.17, 15) is 13.2 Å². The van der Waals surface area contributed by atoms with Gasteiger partial charge in [0, 0.05) is 17.2 Å². The predicted octanol–water partition coefficient (Wildman–Crippen LogP) is 6.74. The molecule has 0 aromatic carbocycles. The highest BCUT2D eigenvalue weighted by atomic mass is 32.2. The number of aliphatic carboxylic acids is 1. The second-order valence-corrected chi connectivity index (χ2v) is 12.0. The molecule has 0 rings (SSSR count). The van der Waals surface area contributed by atoms with E-state index < -0.39 is 21.6 Å². The molecule has 196 valence electrons. The Morgan fingerprint density at radius 2 is 1.22 bits per heavy atom. The van der Waals surface area contributed by atoms with Crippen LogP contribution in [0, 0.1) is 35.5 Å². The summed E-state index contributed by atoms with van der Waals surface area (Å²) in [6, 6.07) is 0. The molecule has 0 aliphatic carbocycles. The number of hydrogen-bond donors (Lipinski definition) is 3. The first kappa shape index (κ1) is 38.2. The van der Waals surface area contributed by atoms with Gasteiger partial charge in [-0.2, -0.15) is 8.42 Å². The molecule has 32 heavy (non-hydrogen) atoms. The smallest absolute Gasteiger partial charge is 0.306 e. The van der Waals surface area contributed by atoms with Crippen molar-refractivity contribution >= 4 is 16.1 Å². The van der Waals surface area contributed by atoms with Gasteiger partial charge in [-0.3, -0.25) is 9.35 Å². The zero-order chi connectivity index (χ0) is 24.4. The molecule has 7 heteroatoms. The lowest BCUT2D eigenvalue weighted by atomic mass is 9.85. The molecule has 0 spiro atoms. The Morgan fingerprint density at radius 1 is 0.875 bits per heavy atom. The second kappa shape index (κ2) is 16.5. The Kier molecular flexibility index (Phi) is 19.7. The van der Waals surface area contributed by atoms with Crippen molar-refractivity contribution in [1.82, 2.24) is 5.32 Å². The lowest BCUT2D eigenvalue weighted by molar-refractivity contribution is -0.143. The lowest BCUT2D eigenvalue weighted by Crippen LogP contribution is -2.46. The molecule has 0 heterocycles. The van der Waals surface area contributed by atoms with Gasteiger partial charge in [0.15, 0.2) is 0 Å². The molecule has 2 atom stereocenters. The molecule has 0 saturated carbocycles. The van der Waals surface area contributed by atoms with Crippen LogP contribution >= 0.6 is 0 Å². The first-order valence-corrected chi connectivity index (χ1v) is 12.5. The summed E-state index contributed by atoms with van der Waals surface area (Å²) in [6.07, 6.45) is 1.79. The van der Waals surface area contributed by atoms with Gasteiger partial charge in [-0.15, -0.1) is 0 Å². The van der Waals surface area contributed by atoms with Gasteiger partial charge < -0.3 is 10.4 Å². The van der Waals surface area contributed by atoms with Crippen LogP contribution in [-0.2, 0) is 14.9 Å². The second-order valence-electron chi connectivity index (χ2n) is 10.6. The fourth-order valence-electron chi connectivity index (χ4n) is 3.51. The molecule has 6 nitrogen and oxygen atoms in total. The van der Waals surface area contributed by atoms with Crippen LogP contribution in [0.4, 0.5) is 0 Å². The number of rotatable bonds is 12. The van der Waals surface area contributed by atoms with E-state index in [2.05, 4.69) is 53.4 Å². The molecule has 3 N–H and O–H groups in total. The molecule has 0 bridgehead atoms. The average molecular weight is 482 g/mol. The maximum Gasteiger partial charge on any atom is 0.306 e. The highest BCUT2D eigenvalue weighted by molar-refractivity contribution is 7.85. The summed E-state index contributed by atoms with van der Waals surface area (Å²) in [7, 11) is -4.00. The molecular formula is C25H55NO5S. The van der Waals surface area contributed by atoms with Gasteiger partial charge in [-0.25, -0.2) is 0 Å². The summed E-state index contributed by atoms with van der Waals surface area (Å²) in [4.78, 5) is 10.7. The van der Waals surface area contributed by atoms with Gasteiger partial charge in [0.25, 0.3) is 10.1 Å². The standard InChI is InChI=1S/C14H29NO3S.C9H18O2.2CH4/c1-10(2)8-13(11(3)4)12(5)15-14(6,7)9-19(16,17)18;1-6(2)5-8(7(3)4)9(10)11;;/h10-11,13,15H,5,8-9H2,1-4,6-7H3,(H,16,17,18);6-8H,5H2,1-4H3,(H,10,11);2*1H4. The number of carbonyl (C=O) groups is 1. The quantitative estimate of drug-likeness (QED) is 0.267. The van der Waals surface area contributed by atoms with Gasteiger partial charge >= 0.3 is 5.97 Å². The largest absolute Gasteiger partial charge is 0.481 e. The van der Waals surface area contributed by atoms with Crippen molar-refractivity contribution in [3.05, 3.63) is 12.3 Å². The van der Waals surface area contributed by atoms with Crippen molar-refractivity contribution in [1.29, 1.82) is 0 Å². The third-order valence-corrected chi connectivity index (χ3v) is 5.95. The normalized spacial score (nSPS) is 13.6. The molecule has 2 unspecified atom stereocenters. The van der Waals surface area contributed by atoms with Crippen LogP contribution in [0.25, 0.3) is 0 Å². The highest BCUT2D eigenvalue weighted by Crippen LogP contribution is 2.27. The van der Waals surface area contributed by atoms with Crippen LogP contribution in [0.15, 0.2) is 12.3 Å². The zero-order valence-corrected chi connectivity index (χ0v) is 21.6. The van der Waals surface area contributed by atoms with Crippen molar-refractivity contribution in [2.75, 3.05) is 5.75 Å². The molecule has 0 aromatic rings. The van der Waals surface area contributed by atoms with E-state index in [1.54, 1.807) is 13.8 Å². The topological polar surface area (TPSA) is 104 Å². The minimum atomic E-state index is -4.00. The van der Waals surface area contributed by atoms with Crippen LogP contribution in [0.3, 0.4) is 0 Å². The highest BCUT2D eigenvalue weighted by Gasteiger charge is 2.28. The number of nitrogens with one attached hydrogen (secondary N) is 1. The van der Waals surface area contributed by atoms with Crippen LogP contribution in [0.2, 0.25) is 0 Å². The van der Waals surface area contributed by atoms with Crippen LogP contribution in [-0.4, -0.2) is 35.3 Å². The molecule has 0 fully saturated rings. The van der Waals surface area contributed by atoms with Crippen LogP contribution < -0.4 is 5.32 Å². The van der Waals surface area contributed by atoms with E-state index in [-0.39, 0.29) is 32.4 Å². The summed E-state index contributed by atoms with van der Waals surface area (Å²) >= 11 is 0. The number of allylic oxidation sites excluding steroid dienone is 1. The summed E-state index contributed by atoms with van der Waals surface area (Å²) in [5.74, 6) is 0.836. The van der Waals surface area contributed by atoms with E-state index in [0.717, 1.165) is 18.5 Å². The first-order valence-electron chi connectivity index (χ1n) is 10.9. The third kappa shape index (κ3) is 19.6. The lowest BCUT2D eigenvalue weighted by Gasteiger charge is -2.33. The predicted molar refractivity (Wildman–Crippen MR) is 139 cm³/mol. The SMILES string of the molecule is C.C.C=C(NC(C)(C)CS(=O)(=O)O)C(CC(C)C)C(C)C.CC(C)CC(C(=O)O)C(C)C. The van der Waals surface area contributed by atoms with Crippen molar-refractivity contribution in [2.45, 2.75) is 102 Å². The van der Waals surface area contributed by atoms with Crippen molar-refractivity contribution < 1.29 is 22.9 Å². The van der Waals surface area contributed by atoms with Crippen LogP contribution in [0.1, 0.15) is 96.9 Å². The van der Waals surface area contributed by atoms with Gasteiger partial charge in [-0.1, -0.05) is 76.8 Å². The van der Waals surface area contributed by atoms with Crippen molar-refractivity contribution in [3.63, 3.8) is 0 Å². The molecule has 0 amide bonds. The van der Waals surface area contributed by atoms with Gasteiger partial charge in [0.1, 0.15) is 0 Å². The van der Waals surface area contributed by atoms with E-state index in [0.29, 0.717) is 23.7 Å². The average Bonchev–Trinajstić information content (AvgIpc) is 2.46. The Balaban J connectivity index is -0.000000261. The minimum absolute atomic E-state index is 0. The van der Waals surface area contributed by atoms with Gasteiger partial charge in [-0.05, 0) is 50.4 Å². The molecule has 0 aliphatic rings. The fraction of sp³-hybridized carbons (Fsp3) is 0.880. The van der Waals surface area contributed by atoms with Gasteiger partial charge in [0.2, 0.25) is 0 Å². The van der Waals surface area contributed by atoms with Crippen molar-refractivity contribution in [2.24, 2.45) is 35.5 Å². The molecule has 0 aliphatic heterocycles. The number of carboxylic acids is 1. The van der Waals surface area contributed by atoms with Gasteiger partial charge in [0.05, 0.1) is 11.7 Å². The van der Waals surface area contributed by atoms with E-state index in [1.165, 1.54) is 0 Å². The summed E-state index contributed by atoms with van der Waals surface area (Å²) in [5, 5.41) is 12.0. The Bertz CT molecular complexity index is 622. The van der Waals surface area contributed by atoms with Crippen LogP contribution in [0.5, 0.6) is 0 Å². The Labute approximate surface area is 200 Å². The maximum absolute atomic E-state index is 11.0. The fourth-order valence-corrected chi connectivity index (χ4v) is 4.49. The molecular weight excluding hydrogens is 426 g/mol. The number of hydrogen-bond acceptors (Lipinski definition) is 4.